The average molecular weight is 487 g/mol. The molecule has 5 rings (SSSR count). The third-order valence-corrected chi connectivity index (χ3v) is 6.02. The van der Waals surface area contributed by atoms with Gasteiger partial charge in [-0.1, -0.05) is 31.2 Å². The minimum atomic E-state index is 0.251. The molecule has 0 spiro atoms. The Morgan fingerprint density at radius 2 is 1.89 bits per heavy atom. The minimum absolute atomic E-state index is 0.251. The van der Waals surface area contributed by atoms with Gasteiger partial charge in [-0.15, -0.1) is 0 Å². The Morgan fingerprint density at radius 1 is 1.06 bits per heavy atom. The highest BCUT2D eigenvalue weighted by Crippen LogP contribution is 2.20. The molecule has 36 heavy (non-hydrogen) atoms. The summed E-state index contributed by atoms with van der Waals surface area (Å²) in [5, 5.41) is 5.65. The number of para-hydroxylation sites is 1. The summed E-state index contributed by atoms with van der Waals surface area (Å²) in [6, 6.07) is 14.4. The fourth-order valence-corrected chi connectivity index (χ4v) is 4.04. The number of aryl methyl sites for hydroxylation is 1. The van der Waals surface area contributed by atoms with Crippen molar-refractivity contribution in [1.29, 1.82) is 0 Å². The molecular weight excluding hydrogens is 456 g/mol. The number of aromatic amines is 1. The van der Waals surface area contributed by atoms with E-state index in [0.717, 1.165) is 40.0 Å². The number of benzene rings is 1. The SMILES string of the molecule is CCc1cccc(CCOc2nc(NN=C(C)c3c[nH]c4ccccc34)nc(N3CCOCC3)n2)n1. The van der Waals surface area contributed by atoms with Gasteiger partial charge in [-0.05, 0) is 31.5 Å². The maximum atomic E-state index is 5.94. The first-order chi connectivity index (χ1) is 17.7. The predicted molar refractivity (Wildman–Crippen MR) is 140 cm³/mol. The van der Waals surface area contributed by atoms with Crippen molar-refractivity contribution in [2.24, 2.45) is 5.10 Å². The zero-order chi connectivity index (χ0) is 24.7. The van der Waals surface area contributed by atoms with Gasteiger partial charge in [0.15, 0.2) is 0 Å². The lowest BCUT2D eigenvalue weighted by molar-refractivity contribution is 0.122. The van der Waals surface area contributed by atoms with Gasteiger partial charge >= 0.3 is 6.01 Å². The van der Waals surface area contributed by atoms with Crippen LogP contribution in [0.4, 0.5) is 11.9 Å². The molecule has 1 saturated heterocycles. The number of hydrogen-bond acceptors (Lipinski definition) is 9. The third-order valence-electron chi connectivity index (χ3n) is 6.02. The van der Waals surface area contributed by atoms with Crippen LogP contribution in [0.5, 0.6) is 6.01 Å². The van der Waals surface area contributed by atoms with Crippen LogP contribution in [0.2, 0.25) is 0 Å². The maximum Gasteiger partial charge on any atom is 0.323 e. The molecule has 4 heterocycles. The van der Waals surface area contributed by atoms with Crippen LogP contribution >= 0.6 is 0 Å². The number of pyridine rings is 1. The molecule has 2 N–H and O–H groups in total. The number of morpholine rings is 1. The molecule has 0 radical (unpaired) electrons. The number of nitrogens with zero attached hydrogens (tertiary/aromatic N) is 6. The Balaban J connectivity index is 1.34. The third kappa shape index (κ3) is 5.60. The van der Waals surface area contributed by atoms with E-state index in [4.69, 9.17) is 9.47 Å². The number of ether oxygens (including phenoxy) is 2. The molecule has 1 aliphatic heterocycles. The summed E-state index contributed by atoms with van der Waals surface area (Å²) in [5.74, 6) is 0.864. The van der Waals surface area contributed by atoms with Gasteiger partial charge in [0.1, 0.15) is 0 Å². The van der Waals surface area contributed by atoms with E-state index in [0.29, 0.717) is 51.2 Å². The summed E-state index contributed by atoms with van der Waals surface area (Å²) in [6.45, 7) is 7.11. The molecule has 0 unspecified atom stereocenters. The van der Waals surface area contributed by atoms with E-state index in [1.54, 1.807) is 0 Å². The summed E-state index contributed by atoms with van der Waals surface area (Å²) in [4.78, 5) is 23.6. The van der Waals surface area contributed by atoms with Crippen LogP contribution in [-0.2, 0) is 17.6 Å². The smallest absolute Gasteiger partial charge is 0.323 e. The Morgan fingerprint density at radius 3 is 2.75 bits per heavy atom. The van der Waals surface area contributed by atoms with Gasteiger partial charge in [0, 0.05) is 53.6 Å². The number of anilines is 2. The Labute approximate surface area is 209 Å². The molecule has 10 nitrogen and oxygen atoms in total. The van der Waals surface area contributed by atoms with Crippen molar-refractivity contribution in [3.8, 4) is 6.01 Å². The minimum Gasteiger partial charge on any atom is -0.463 e. The zero-order valence-electron chi connectivity index (χ0n) is 20.6. The predicted octanol–water partition coefficient (Wildman–Crippen LogP) is 3.60. The highest BCUT2D eigenvalue weighted by atomic mass is 16.5. The standard InChI is InChI=1S/C26H30N8O2/c1-3-19-7-6-8-20(28-19)11-14-36-26-30-24(29-25(31-26)34-12-15-35-16-13-34)33-32-18(2)22-17-27-23-10-5-4-9-21(22)23/h4-10,17,27H,3,11-16H2,1-2H3,(H,29,30,31,33). The molecule has 1 fully saturated rings. The van der Waals surface area contributed by atoms with Gasteiger partial charge in [-0.25, -0.2) is 5.43 Å². The Kier molecular flexibility index (Phi) is 7.32. The lowest BCUT2D eigenvalue weighted by Gasteiger charge is -2.26. The van der Waals surface area contributed by atoms with Crippen molar-refractivity contribution in [1.82, 2.24) is 24.9 Å². The van der Waals surface area contributed by atoms with E-state index in [2.05, 4.69) is 53.3 Å². The second-order valence-electron chi connectivity index (χ2n) is 8.47. The van der Waals surface area contributed by atoms with Crippen molar-refractivity contribution in [2.45, 2.75) is 26.7 Å². The van der Waals surface area contributed by atoms with Crippen LogP contribution in [0.25, 0.3) is 10.9 Å². The number of hydrogen-bond donors (Lipinski definition) is 2. The lowest BCUT2D eigenvalue weighted by Crippen LogP contribution is -2.37. The van der Waals surface area contributed by atoms with Crippen molar-refractivity contribution in [3.63, 3.8) is 0 Å². The summed E-state index contributed by atoms with van der Waals surface area (Å²) in [6.07, 6.45) is 3.51. The Hall–Kier alpha value is -4.05. The van der Waals surface area contributed by atoms with Gasteiger partial charge in [-0.2, -0.15) is 20.1 Å². The van der Waals surface area contributed by atoms with Crippen LogP contribution in [-0.4, -0.2) is 63.5 Å². The summed E-state index contributed by atoms with van der Waals surface area (Å²) < 4.78 is 11.4. The number of fused-ring (bicyclic) bond motifs is 1. The molecule has 3 aromatic heterocycles. The monoisotopic (exact) mass is 486 g/mol. The molecule has 10 heteroatoms. The highest BCUT2D eigenvalue weighted by Gasteiger charge is 2.17. The molecule has 1 aliphatic rings. The van der Waals surface area contributed by atoms with Gasteiger partial charge in [-0.3, -0.25) is 4.98 Å². The summed E-state index contributed by atoms with van der Waals surface area (Å²) in [7, 11) is 0. The van der Waals surface area contributed by atoms with Crippen molar-refractivity contribution < 1.29 is 9.47 Å². The first-order valence-electron chi connectivity index (χ1n) is 12.2. The van der Waals surface area contributed by atoms with Gasteiger partial charge < -0.3 is 19.4 Å². The quantitative estimate of drug-likeness (QED) is 0.273. The summed E-state index contributed by atoms with van der Waals surface area (Å²) in [5.41, 5.74) is 7.93. The van der Waals surface area contributed by atoms with E-state index in [1.807, 2.05) is 49.5 Å². The molecule has 0 atom stereocenters. The van der Waals surface area contributed by atoms with Crippen LogP contribution in [0.3, 0.4) is 0 Å². The first kappa shape index (κ1) is 23.7. The molecule has 0 aliphatic carbocycles. The van der Waals surface area contributed by atoms with Crippen molar-refractivity contribution in [3.05, 3.63) is 65.6 Å². The van der Waals surface area contributed by atoms with Crippen LogP contribution in [0.1, 0.15) is 30.8 Å². The fraction of sp³-hybridized carbons (Fsp3) is 0.346. The molecule has 0 amide bonds. The van der Waals surface area contributed by atoms with Crippen molar-refractivity contribution >= 4 is 28.5 Å². The molecule has 4 aromatic rings. The normalized spacial score (nSPS) is 14.3. The highest BCUT2D eigenvalue weighted by molar-refractivity contribution is 6.09. The number of hydrazone groups is 1. The first-order valence-corrected chi connectivity index (χ1v) is 12.2. The number of H-pyrrole nitrogens is 1. The topological polar surface area (TPSA) is 113 Å². The van der Waals surface area contributed by atoms with Gasteiger partial charge in [0.25, 0.3) is 5.95 Å². The Bertz CT molecular complexity index is 1350. The second-order valence-corrected chi connectivity index (χ2v) is 8.47. The fourth-order valence-electron chi connectivity index (χ4n) is 4.04. The van der Waals surface area contributed by atoms with Gasteiger partial charge in [0.2, 0.25) is 5.95 Å². The molecule has 0 bridgehead atoms. The maximum absolute atomic E-state index is 5.94. The van der Waals surface area contributed by atoms with Crippen LogP contribution in [0.15, 0.2) is 53.8 Å². The zero-order valence-corrected chi connectivity index (χ0v) is 20.6. The number of rotatable bonds is 9. The summed E-state index contributed by atoms with van der Waals surface area (Å²) >= 11 is 0. The molecule has 186 valence electrons. The van der Waals surface area contributed by atoms with Crippen LogP contribution in [0, 0.1) is 0 Å². The van der Waals surface area contributed by atoms with Crippen molar-refractivity contribution in [2.75, 3.05) is 43.2 Å². The van der Waals surface area contributed by atoms with Gasteiger partial charge in [0.05, 0.1) is 25.5 Å². The number of nitrogens with one attached hydrogen (secondary N) is 2. The van der Waals surface area contributed by atoms with E-state index in [-0.39, 0.29) is 6.01 Å². The molecule has 0 saturated carbocycles. The molecular formula is C26H30N8O2. The number of aromatic nitrogens is 5. The van der Waals surface area contributed by atoms with E-state index >= 15 is 0 Å². The van der Waals surface area contributed by atoms with E-state index in [9.17, 15) is 0 Å². The van der Waals surface area contributed by atoms with E-state index in [1.165, 1.54) is 0 Å². The second kappa shape index (κ2) is 11.1. The van der Waals surface area contributed by atoms with Crippen LogP contribution < -0.4 is 15.1 Å². The average Bonchev–Trinajstić information content (AvgIpc) is 3.37. The largest absolute Gasteiger partial charge is 0.463 e. The van der Waals surface area contributed by atoms with E-state index < -0.39 is 0 Å². The lowest BCUT2D eigenvalue weighted by atomic mass is 10.1. The molecule has 1 aromatic carbocycles.